The number of hydrogen-bond acceptors (Lipinski definition) is 2. The third kappa shape index (κ3) is 4.43. The summed E-state index contributed by atoms with van der Waals surface area (Å²) in [5.74, 6) is 0.730. The van der Waals surface area contributed by atoms with Crippen LogP contribution in [0.3, 0.4) is 0 Å². The van der Waals surface area contributed by atoms with Crippen molar-refractivity contribution in [2.24, 2.45) is 5.92 Å². The zero-order valence-corrected chi connectivity index (χ0v) is 11.6. The molecule has 1 aliphatic heterocycles. The molecule has 2 heteroatoms. The topological polar surface area (TPSA) is 21.3 Å². The van der Waals surface area contributed by atoms with Crippen LogP contribution in [-0.2, 0) is 17.7 Å². The van der Waals surface area contributed by atoms with Gasteiger partial charge in [-0.15, -0.1) is 0 Å². The van der Waals surface area contributed by atoms with Crippen molar-refractivity contribution in [2.45, 2.75) is 45.8 Å². The number of rotatable bonds is 6. The summed E-state index contributed by atoms with van der Waals surface area (Å²) in [4.78, 5) is 0. The maximum atomic E-state index is 5.59. The van der Waals surface area contributed by atoms with Crippen LogP contribution in [0.25, 0.3) is 0 Å². The minimum atomic E-state index is 0.435. The number of benzene rings is 1. The van der Waals surface area contributed by atoms with Gasteiger partial charge in [-0.2, -0.15) is 0 Å². The summed E-state index contributed by atoms with van der Waals surface area (Å²) in [7, 11) is 0. The standard InChI is InChI=1S/C16H25NO/c1-13(2)10-14-5-7-15(8-6-14)11-17-12-16-4-3-9-18-16/h5-8,13,16-17H,3-4,9-12H2,1-2H3. The van der Waals surface area contributed by atoms with Gasteiger partial charge in [0, 0.05) is 19.7 Å². The molecule has 0 saturated carbocycles. The molecule has 2 rings (SSSR count). The largest absolute Gasteiger partial charge is 0.377 e. The highest BCUT2D eigenvalue weighted by Gasteiger charge is 2.14. The Bertz CT molecular complexity index is 339. The number of nitrogens with one attached hydrogen (secondary N) is 1. The average molecular weight is 247 g/mol. The van der Waals surface area contributed by atoms with Gasteiger partial charge in [0.15, 0.2) is 0 Å². The Morgan fingerprint density at radius 2 is 1.94 bits per heavy atom. The van der Waals surface area contributed by atoms with Gasteiger partial charge in [-0.25, -0.2) is 0 Å². The molecule has 1 heterocycles. The summed E-state index contributed by atoms with van der Waals surface area (Å²) >= 11 is 0. The zero-order valence-electron chi connectivity index (χ0n) is 11.6. The highest BCUT2D eigenvalue weighted by molar-refractivity contribution is 5.22. The molecule has 0 aliphatic carbocycles. The highest BCUT2D eigenvalue weighted by Crippen LogP contribution is 2.12. The van der Waals surface area contributed by atoms with E-state index < -0.39 is 0 Å². The van der Waals surface area contributed by atoms with E-state index in [0.29, 0.717) is 6.10 Å². The molecule has 1 saturated heterocycles. The van der Waals surface area contributed by atoms with Gasteiger partial charge in [0.1, 0.15) is 0 Å². The van der Waals surface area contributed by atoms with Crippen molar-refractivity contribution in [1.29, 1.82) is 0 Å². The number of ether oxygens (including phenoxy) is 1. The quantitative estimate of drug-likeness (QED) is 0.834. The van der Waals surface area contributed by atoms with Gasteiger partial charge in [0.2, 0.25) is 0 Å². The summed E-state index contributed by atoms with van der Waals surface area (Å²) in [5.41, 5.74) is 2.80. The molecule has 100 valence electrons. The van der Waals surface area contributed by atoms with E-state index in [2.05, 4.69) is 43.4 Å². The molecule has 1 aromatic carbocycles. The molecule has 1 N–H and O–H groups in total. The molecular formula is C16H25NO. The lowest BCUT2D eigenvalue weighted by molar-refractivity contribution is 0.110. The molecule has 18 heavy (non-hydrogen) atoms. The van der Waals surface area contributed by atoms with Crippen molar-refractivity contribution in [1.82, 2.24) is 5.32 Å². The molecule has 1 atom stereocenters. The lowest BCUT2D eigenvalue weighted by Gasteiger charge is -2.11. The van der Waals surface area contributed by atoms with Gasteiger partial charge in [-0.3, -0.25) is 0 Å². The smallest absolute Gasteiger partial charge is 0.0700 e. The van der Waals surface area contributed by atoms with Gasteiger partial charge in [0.25, 0.3) is 0 Å². The molecule has 2 nitrogen and oxygen atoms in total. The molecule has 1 unspecified atom stereocenters. The van der Waals surface area contributed by atoms with E-state index in [-0.39, 0.29) is 0 Å². The fourth-order valence-corrected chi connectivity index (χ4v) is 2.45. The zero-order chi connectivity index (χ0) is 12.8. The predicted octanol–water partition coefficient (Wildman–Crippen LogP) is 3.15. The van der Waals surface area contributed by atoms with Crippen LogP contribution in [-0.4, -0.2) is 19.3 Å². The minimum absolute atomic E-state index is 0.435. The third-order valence-electron chi connectivity index (χ3n) is 3.39. The van der Waals surface area contributed by atoms with Crippen molar-refractivity contribution in [3.63, 3.8) is 0 Å². The second-order valence-corrected chi connectivity index (χ2v) is 5.68. The second-order valence-electron chi connectivity index (χ2n) is 5.68. The van der Waals surface area contributed by atoms with Gasteiger partial charge >= 0.3 is 0 Å². The summed E-state index contributed by atoms with van der Waals surface area (Å²) in [5, 5.41) is 3.48. The molecule has 0 amide bonds. The Morgan fingerprint density at radius 3 is 2.56 bits per heavy atom. The van der Waals surface area contributed by atoms with E-state index in [1.165, 1.54) is 30.4 Å². The first kappa shape index (κ1) is 13.6. The SMILES string of the molecule is CC(C)Cc1ccc(CNCC2CCCO2)cc1. The second kappa shape index (κ2) is 6.91. The van der Waals surface area contributed by atoms with E-state index in [4.69, 9.17) is 4.74 Å². The van der Waals surface area contributed by atoms with Crippen molar-refractivity contribution >= 4 is 0 Å². The van der Waals surface area contributed by atoms with Crippen molar-refractivity contribution in [2.75, 3.05) is 13.2 Å². The molecule has 0 spiro atoms. The van der Waals surface area contributed by atoms with E-state index in [0.717, 1.165) is 25.6 Å². The van der Waals surface area contributed by atoms with Gasteiger partial charge in [-0.05, 0) is 36.3 Å². The summed E-state index contributed by atoms with van der Waals surface area (Å²) in [6.45, 7) is 7.39. The van der Waals surface area contributed by atoms with Crippen LogP contribution in [0.4, 0.5) is 0 Å². The van der Waals surface area contributed by atoms with E-state index in [1.807, 2.05) is 0 Å². The minimum Gasteiger partial charge on any atom is -0.377 e. The normalized spacial score (nSPS) is 19.6. The van der Waals surface area contributed by atoms with Crippen LogP contribution in [0.5, 0.6) is 0 Å². The molecule has 1 aliphatic rings. The number of hydrogen-bond donors (Lipinski definition) is 1. The van der Waals surface area contributed by atoms with Crippen LogP contribution in [0, 0.1) is 5.92 Å². The summed E-state index contributed by atoms with van der Waals surface area (Å²) in [6.07, 6.45) is 4.03. The van der Waals surface area contributed by atoms with E-state index in [1.54, 1.807) is 0 Å². The van der Waals surface area contributed by atoms with Crippen LogP contribution in [0.15, 0.2) is 24.3 Å². The van der Waals surface area contributed by atoms with Gasteiger partial charge < -0.3 is 10.1 Å². The lowest BCUT2D eigenvalue weighted by Crippen LogP contribution is -2.25. The van der Waals surface area contributed by atoms with Crippen LogP contribution < -0.4 is 5.32 Å². The fourth-order valence-electron chi connectivity index (χ4n) is 2.45. The summed E-state index contributed by atoms with van der Waals surface area (Å²) < 4.78 is 5.59. The molecular weight excluding hydrogens is 222 g/mol. The van der Waals surface area contributed by atoms with Crippen molar-refractivity contribution < 1.29 is 4.74 Å². The Morgan fingerprint density at radius 1 is 1.22 bits per heavy atom. The average Bonchev–Trinajstić information content (AvgIpc) is 2.84. The third-order valence-corrected chi connectivity index (χ3v) is 3.39. The lowest BCUT2D eigenvalue weighted by atomic mass is 10.0. The Labute approximate surface area is 111 Å². The summed E-state index contributed by atoms with van der Waals surface area (Å²) in [6, 6.07) is 8.98. The van der Waals surface area contributed by atoms with Gasteiger partial charge in [-0.1, -0.05) is 38.1 Å². The van der Waals surface area contributed by atoms with Gasteiger partial charge in [0.05, 0.1) is 6.10 Å². The maximum absolute atomic E-state index is 5.59. The molecule has 0 radical (unpaired) electrons. The first-order valence-electron chi connectivity index (χ1n) is 7.14. The van der Waals surface area contributed by atoms with Crippen LogP contribution in [0.1, 0.15) is 37.8 Å². The van der Waals surface area contributed by atoms with E-state index >= 15 is 0 Å². The Hall–Kier alpha value is -0.860. The first-order chi connectivity index (χ1) is 8.74. The molecule has 1 aromatic rings. The molecule has 1 fully saturated rings. The predicted molar refractivity (Wildman–Crippen MR) is 75.7 cm³/mol. The van der Waals surface area contributed by atoms with Crippen molar-refractivity contribution in [3.8, 4) is 0 Å². The molecule has 0 aromatic heterocycles. The maximum Gasteiger partial charge on any atom is 0.0700 e. The first-order valence-corrected chi connectivity index (χ1v) is 7.14. The molecule has 0 bridgehead atoms. The van der Waals surface area contributed by atoms with Crippen molar-refractivity contribution in [3.05, 3.63) is 35.4 Å². The van der Waals surface area contributed by atoms with Crippen LogP contribution in [0.2, 0.25) is 0 Å². The monoisotopic (exact) mass is 247 g/mol. The van der Waals surface area contributed by atoms with Crippen LogP contribution >= 0.6 is 0 Å². The van der Waals surface area contributed by atoms with E-state index in [9.17, 15) is 0 Å². The fraction of sp³-hybridized carbons (Fsp3) is 0.625. The Balaban J connectivity index is 1.72. The highest BCUT2D eigenvalue weighted by atomic mass is 16.5. The Kier molecular flexibility index (Phi) is 5.21.